The zero-order chi connectivity index (χ0) is 13.3. The third-order valence-electron chi connectivity index (χ3n) is 3.01. The number of carbonyl (C=O) groups is 1. The van der Waals surface area contributed by atoms with Crippen molar-refractivity contribution in [2.45, 2.75) is 25.1 Å². The molecule has 0 bridgehead atoms. The zero-order valence-electron chi connectivity index (χ0n) is 10.9. The van der Waals surface area contributed by atoms with Crippen LogP contribution in [0.2, 0.25) is 5.02 Å². The Morgan fingerprint density at radius 2 is 2.21 bits per heavy atom. The number of amides is 1. The molecule has 1 amide bonds. The number of allylic oxidation sites excluding steroid dienone is 1. The van der Waals surface area contributed by atoms with E-state index in [0.717, 1.165) is 16.8 Å². The average Bonchev–Trinajstić information content (AvgIpc) is 2.33. The molecule has 1 atom stereocenters. The molecule has 2 rings (SSSR count). The summed E-state index contributed by atoms with van der Waals surface area (Å²) in [4.78, 5) is 13.7. The minimum absolute atomic E-state index is 0. The number of benzene rings is 1. The molecule has 1 unspecified atom stereocenters. The van der Waals surface area contributed by atoms with Gasteiger partial charge in [-0.05, 0) is 6.92 Å². The standard InChI is InChI=1S/C14H14BrClNO.Y/c1-3-17-13(7-6-12(15)14(17)18)11-5-4-10(16)8-9(11)2;/h4-5,8,12H,3,6H2,1-2H3;/q-1;. The van der Waals surface area contributed by atoms with E-state index >= 15 is 0 Å². The van der Waals surface area contributed by atoms with Gasteiger partial charge in [0.05, 0.1) is 4.83 Å². The number of rotatable bonds is 2. The van der Waals surface area contributed by atoms with Gasteiger partial charge in [-0.25, -0.2) is 6.08 Å². The van der Waals surface area contributed by atoms with Gasteiger partial charge in [0, 0.05) is 44.3 Å². The third-order valence-corrected chi connectivity index (χ3v) is 3.96. The Kier molecular flexibility index (Phi) is 6.72. The molecule has 2 nitrogen and oxygen atoms in total. The fraction of sp³-hybridized carbons (Fsp3) is 0.357. The van der Waals surface area contributed by atoms with Gasteiger partial charge in [0.1, 0.15) is 0 Å². The van der Waals surface area contributed by atoms with Crippen molar-refractivity contribution in [2.24, 2.45) is 0 Å². The second-order valence-electron chi connectivity index (χ2n) is 4.24. The molecule has 0 aromatic heterocycles. The van der Waals surface area contributed by atoms with Crippen LogP contribution >= 0.6 is 27.5 Å². The van der Waals surface area contributed by atoms with Gasteiger partial charge in [-0.2, -0.15) is 0 Å². The Hall–Kier alpha value is 0.304. The van der Waals surface area contributed by atoms with Crippen molar-refractivity contribution in [3.05, 3.63) is 40.4 Å². The molecule has 0 spiro atoms. The van der Waals surface area contributed by atoms with Gasteiger partial charge in [0.25, 0.3) is 0 Å². The first kappa shape index (κ1) is 17.4. The predicted molar refractivity (Wildman–Crippen MR) is 77.6 cm³/mol. The third kappa shape index (κ3) is 3.69. The number of hydrogen-bond donors (Lipinski definition) is 0. The summed E-state index contributed by atoms with van der Waals surface area (Å²) in [6, 6.07) is 5.70. The summed E-state index contributed by atoms with van der Waals surface area (Å²) in [6.45, 7) is 4.61. The topological polar surface area (TPSA) is 20.3 Å². The van der Waals surface area contributed by atoms with Gasteiger partial charge < -0.3 is 4.90 Å². The maximum atomic E-state index is 12.1. The van der Waals surface area contributed by atoms with Gasteiger partial charge >= 0.3 is 0 Å². The van der Waals surface area contributed by atoms with E-state index in [4.69, 9.17) is 11.6 Å². The van der Waals surface area contributed by atoms with Crippen molar-refractivity contribution < 1.29 is 37.5 Å². The van der Waals surface area contributed by atoms with Crippen LogP contribution in [0.4, 0.5) is 0 Å². The van der Waals surface area contributed by atoms with Crippen LogP contribution in [0.3, 0.4) is 0 Å². The van der Waals surface area contributed by atoms with Crippen LogP contribution in [0.15, 0.2) is 18.2 Å². The average molecular weight is 417 g/mol. The Morgan fingerprint density at radius 1 is 1.53 bits per heavy atom. The number of carbonyl (C=O) groups excluding carboxylic acids is 1. The van der Waals surface area contributed by atoms with Crippen LogP contribution in [0.5, 0.6) is 0 Å². The smallest absolute Gasteiger partial charge is 0.236 e. The maximum Gasteiger partial charge on any atom is 0.236 e. The molecule has 0 saturated heterocycles. The van der Waals surface area contributed by atoms with Crippen LogP contribution in [0.25, 0.3) is 5.70 Å². The molecule has 19 heavy (non-hydrogen) atoms. The molecule has 99 valence electrons. The first-order chi connectivity index (χ1) is 8.54. The molecule has 0 fully saturated rings. The molecule has 5 heteroatoms. The predicted octanol–water partition coefficient (Wildman–Crippen LogP) is 3.81. The first-order valence-electron chi connectivity index (χ1n) is 5.87. The number of nitrogens with zero attached hydrogens (tertiary/aromatic N) is 1. The summed E-state index contributed by atoms with van der Waals surface area (Å²) >= 11 is 9.34. The van der Waals surface area contributed by atoms with Crippen molar-refractivity contribution >= 4 is 39.1 Å². The molecule has 0 N–H and O–H groups in total. The van der Waals surface area contributed by atoms with Crippen molar-refractivity contribution in [1.82, 2.24) is 4.90 Å². The Labute approximate surface area is 152 Å². The molecular formula is C14H14BrClNOY-. The Bertz CT molecular complexity index is 518. The van der Waals surface area contributed by atoms with Gasteiger partial charge in [-0.15, -0.1) is 22.9 Å². The van der Waals surface area contributed by atoms with E-state index < -0.39 is 0 Å². The Balaban J connectivity index is 0.00000180. The number of halogens is 2. The van der Waals surface area contributed by atoms with E-state index in [1.165, 1.54) is 0 Å². The minimum atomic E-state index is -0.159. The van der Waals surface area contributed by atoms with E-state index in [-0.39, 0.29) is 43.4 Å². The summed E-state index contributed by atoms with van der Waals surface area (Å²) in [5, 5.41) is 0.709. The zero-order valence-corrected chi connectivity index (χ0v) is 16.1. The number of hydrogen-bond acceptors (Lipinski definition) is 1. The second-order valence-corrected chi connectivity index (χ2v) is 5.78. The van der Waals surface area contributed by atoms with E-state index in [1.807, 2.05) is 32.0 Å². The van der Waals surface area contributed by atoms with Gasteiger partial charge in [-0.1, -0.05) is 53.0 Å². The molecule has 1 heterocycles. The molecule has 1 aromatic rings. The molecular weight excluding hydrogens is 402 g/mol. The van der Waals surface area contributed by atoms with Crippen LogP contribution in [0, 0.1) is 13.0 Å². The van der Waals surface area contributed by atoms with Crippen LogP contribution in [0.1, 0.15) is 24.5 Å². The van der Waals surface area contributed by atoms with Crippen molar-refractivity contribution in [2.75, 3.05) is 6.54 Å². The minimum Gasteiger partial charge on any atom is -0.347 e. The largest absolute Gasteiger partial charge is 0.347 e. The van der Waals surface area contributed by atoms with Crippen LogP contribution in [-0.4, -0.2) is 22.2 Å². The molecule has 0 saturated carbocycles. The van der Waals surface area contributed by atoms with E-state index in [0.29, 0.717) is 18.0 Å². The van der Waals surface area contributed by atoms with Crippen molar-refractivity contribution in [1.29, 1.82) is 0 Å². The number of alkyl halides is 1. The molecule has 1 aliphatic heterocycles. The summed E-state index contributed by atoms with van der Waals surface area (Å²) < 4.78 is 0. The summed E-state index contributed by atoms with van der Waals surface area (Å²) in [5.41, 5.74) is 2.95. The van der Waals surface area contributed by atoms with Crippen LogP contribution < -0.4 is 0 Å². The molecule has 1 aliphatic rings. The molecule has 0 aliphatic carbocycles. The fourth-order valence-electron chi connectivity index (χ4n) is 2.10. The van der Waals surface area contributed by atoms with Crippen molar-refractivity contribution in [3.63, 3.8) is 0 Å². The normalized spacial score (nSPS) is 18.9. The van der Waals surface area contributed by atoms with Crippen molar-refractivity contribution in [3.8, 4) is 0 Å². The summed E-state index contributed by atoms with van der Waals surface area (Å²) in [7, 11) is 0. The van der Waals surface area contributed by atoms with E-state index in [1.54, 1.807) is 4.90 Å². The first-order valence-corrected chi connectivity index (χ1v) is 7.16. The SMILES string of the molecule is CCN1C(=O)C(Br)C[C-]=C1c1ccc(Cl)cc1C.[Y]. The summed E-state index contributed by atoms with van der Waals surface area (Å²) in [5.74, 6) is 0.0978. The quantitative estimate of drug-likeness (QED) is 0.530. The van der Waals surface area contributed by atoms with E-state index in [2.05, 4.69) is 22.0 Å². The number of aryl methyl sites for hydroxylation is 1. The fourth-order valence-corrected chi connectivity index (χ4v) is 2.73. The monoisotopic (exact) mass is 415 g/mol. The van der Waals surface area contributed by atoms with Crippen LogP contribution in [-0.2, 0) is 37.5 Å². The van der Waals surface area contributed by atoms with Gasteiger partial charge in [0.15, 0.2) is 0 Å². The molecule has 1 aromatic carbocycles. The summed E-state index contributed by atoms with van der Waals surface area (Å²) in [6.07, 6.45) is 3.91. The van der Waals surface area contributed by atoms with Gasteiger partial charge in [0.2, 0.25) is 5.91 Å². The second kappa shape index (κ2) is 7.35. The molecule has 1 radical (unpaired) electrons. The van der Waals surface area contributed by atoms with Gasteiger partial charge in [-0.3, -0.25) is 4.79 Å². The Morgan fingerprint density at radius 3 is 2.79 bits per heavy atom. The van der Waals surface area contributed by atoms with E-state index in [9.17, 15) is 4.79 Å². The maximum absolute atomic E-state index is 12.1.